The fourth-order valence-corrected chi connectivity index (χ4v) is 3.55. The molecule has 0 bridgehead atoms. The van der Waals surface area contributed by atoms with Gasteiger partial charge >= 0.3 is 5.97 Å². The van der Waals surface area contributed by atoms with E-state index in [1.54, 1.807) is 13.0 Å². The van der Waals surface area contributed by atoms with Gasteiger partial charge < -0.3 is 15.7 Å². The van der Waals surface area contributed by atoms with E-state index in [0.29, 0.717) is 12.1 Å². The molecule has 0 saturated carbocycles. The Bertz CT molecular complexity index is 904. The minimum absolute atomic E-state index is 0.0345. The van der Waals surface area contributed by atoms with E-state index in [2.05, 4.69) is 10.6 Å². The number of nitrogens with one attached hydrogen (secondary N) is 2. The van der Waals surface area contributed by atoms with Crippen LogP contribution < -0.4 is 10.6 Å². The number of carbonyl (C=O) groups is 3. The Kier molecular flexibility index (Phi) is 8.54. The Morgan fingerprint density at radius 3 is 2.59 bits per heavy atom. The summed E-state index contributed by atoms with van der Waals surface area (Å²) in [6, 6.07) is 11.4. The van der Waals surface area contributed by atoms with Crippen molar-refractivity contribution in [3.63, 3.8) is 0 Å². The molecule has 29 heavy (non-hydrogen) atoms. The van der Waals surface area contributed by atoms with Crippen LogP contribution in [0.5, 0.6) is 0 Å². The van der Waals surface area contributed by atoms with Gasteiger partial charge in [-0.2, -0.15) is 0 Å². The third-order valence-electron chi connectivity index (χ3n) is 4.03. The number of aromatic carboxylic acids is 1. The average molecular weight is 435 g/mol. The summed E-state index contributed by atoms with van der Waals surface area (Å²) >= 11 is 7.38. The number of amides is 2. The molecule has 3 N–H and O–H groups in total. The zero-order chi connectivity index (χ0) is 21.4. The predicted molar refractivity (Wildman–Crippen MR) is 117 cm³/mol. The molecule has 0 aliphatic heterocycles. The molecular formula is C21H23ClN2O4S. The van der Waals surface area contributed by atoms with Crippen molar-refractivity contribution < 1.29 is 19.5 Å². The number of hydrogen-bond acceptors (Lipinski definition) is 4. The van der Waals surface area contributed by atoms with Gasteiger partial charge in [0.25, 0.3) is 0 Å². The van der Waals surface area contributed by atoms with Crippen molar-refractivity contribution >= 4 is 52.5 Å². The lowest BCUT2D eigenvalue weighted by Gasteiger charge is -2.14. The van der Waals surface area contributed by atoms with Crippen LogP contribution >= 0.6 is 23.4 Å². The standard InChI is InChI=1S/C21H23ClN2O4S/c1-3-4-8-19(25)23-15-6-5-7-16(12-15)29-13(2)20(26)24-18-11-14(21(27)28)9-10-17(18)22/h5-7,9-13H,3-4,8H2,1-2H3,(H,23,25)(H,24,26)(H,27,28). The van der Waals surface area contributed by atoms with Crippen LogP contribution in [-0.2, 0) is 9.59 Å². The van der Waals surface area contributed by atoms with E-state index >= 15 is 0 Å². The number of hydrogen-bond donors (Lipinski definition) is 3. The Balaban J connectivity index is 2.01. The molecule has 0 aromatic heterocycles. The van der Waals surface area contributed by atoms with Crippen LogP contribution in [0.4, 0.5) is 11.4 Å². The SMILES string of the molecule is CCCCC(=O)Nc1cccc(SC(C)C(=O)Nc2cc(C(=O)O)ccc2Cl)c1. The van der Waals surface area contributed by atoms with Crippen LogP contribution in [0.1, 0.15) is 43.5 Å². The third-order valence-corrected chi connectivity index (χ3v) is 5.45. The lowest BCUT2D eigenvalue weighted by molar-refractivity contribution is -0.116. The number of rotatable bonds is 9. The van der Waals surface area contributed by atoms with Crippen molar-refractivity contribution in [3.8, 4) is 0 Å². The number of halogens is 1. The second-order valence-corrected chi connectivity index (χ2v) is 8.25. The van der Waals surface area contributed by atoms with Crippen LogP contribution in [0.15, 0.2) is 47.4 Å². The van der Waals surface area contributed by atoms with Gasteiger partial charge in [-0.05, 0) is 49.7 Å². The second kappa shape index (κ2) is 10.9. The van der Waals surface area contributed by atoms with Crippen molar-refractivity contribution in [3.05, 3.63) is 53.1 Å². The van der Waals surface area contributed by atoms with Crippen molar-refractivity contribution in [2.24, 2.45) is 0 Å². The largest absolute Gasteiger partial charge is 0.478 e. The topological polar surface area (TPSA) is 95.5 Å². The minimum atomic E-state index is -1.10. The van der Waals surface area contributed by atoms with Gasteiger partial charge in [0.15, 0.2) is 0 Å². The van der Waals surface area contributed by atoms with Crippen molar-refractivity contribution in [2.75, 3.05) is 10.6 Å². The Morgan fingerprint density at radius 2 is 1.90 bits per heavy atom. The normalized spacial score (nSPS) is 11.6. The fraction of sp³-hybridized carbons (Fsp3) is 0.286. The summed E-state index contributed by atoms with van der Waals surface area (Å²) in [6.07, 6.45) is 2.27. The lowest BCUT2D eigenvalue weighted by Crippen LogP contribution is -2.22. The quantitative estimate of drug-likeness (QED) is 0.466. The van der Waals surface area contributed by atoms with E-state index in [9.17, 15) is 14.4 Å². The van der Waals surface area contributed by atoms with E-state index in [4.69, 9.17) is 16.7 Å². The van der Waals surface area contributed by atoms with E-state index in [0.717, 1.165) is 17.7 Å². The zero-order valence-corrected chi connectivity index (χ0v) is 17.8. The average Bonchev–Trinajstić information content (AvgIpc) is 2.68. The van der Waals surface area contributed by atoms with Crippen molar-refractivity contribution in [1.82, 2.24) is 0 Å². The molecule has 2 amide bonds. The molecule has 0 fully saturated rings. The number of carboxylic acid groups (broad SMARTS) is 1. The van der Waals surface area contributed by atoms with Gasteiger partial charge in [0, 0.05) is 17.0 Å². The van der Waals surface area contributed by atoms with E-state index < -0.39 is 11.2 Å². The molecule has 2 rings (SSSR count). The highest BCUT2D eigenvalue weighted by Gasteiger charge is 2.17. The zero-order valence-electron chi connectivity index (χ0n) is 16.2. The van der Waals surface area contributed by atoms with Gasteiger partial charge in [-0.15, -0.1) is 11.8 Å². The first kappa shape index (κ1) is 22.8. The number of carboxylic acids is 1. The molecule has 154 valence electrons. The molecular weight excluding hydrogens is 412 g/mol. The summed E-state index contributed by atoms with van der Waals surface area (Å²) in [5.41, 5.74) is 0.971. The molecule has 6 nitrogen and oxygen atoms in total. The molecule has 0 spiro atoms. The van der Waals surface area contributed by atoms with Crippen LogP contribution in [0.25, 0.3) is 0 Å². The van der Waals surface area contributed by atoms with Gasteiger partial charge in [0.05, 0.1) is 21.5 Å². The smallest absolute Gasteiger partial charge is 0.335 e. The van der Waals surface area contributed by atoms with E-state index in [1.165, 1.54) is 30.0 Å². The summed E-state index contributed by atoms with van der Waals surface area (Å²) < 4.78 is 0. The Labute approximate surface area is 179 Å². The Hall–Kier alpha value is -2.51. The summed E-state index contributed by atoms with van der Waals surface area (Å²) in [5, 5.41) is 14.4. The summed E-state index contributed by atoms with van der Waals surface area (Å²) in [7, 11) is 0. The van der Waals surface area contributed by atoms with Crippen molar-refractivity contribution in [1.29, 1.82) is 0 Å². The highest BCUT2D eigenvalue weighted by atomic mass is 35.5. The van der Waals surface area contributed by atoms with E-state index in [1.807, 2.05) is 25.1 Å². The first-order valence-electron chi connectivity index (χ1n) is 9.20. The summed E-state index contributed by atoms with van der Waals surface area (Å²) in [5.74, 6) is -1.44. The molecule has 2 aromatic rings. The third kappa shape index (κ3) is 7.11. The molecule has 0 aliphatic carbocycles. The first-order valence-corrected chi connectivity index (χ1v) is 10.5. The second-order valence-electron chi connectivity index (χ2n) is 6.43. The van der Waals surface area contributed by atoms with Crippen molar-refractivity contribution in [2.45, 2.75) is 43.3 Å². The molecule has 0 saturated heterocycles. The number of anilines is 2. The molecule has 0 aliphatic rings. The van der Waals surface area contributed by atoms with Gasteiger partial charge in [-0.1, -0.05) is 31.0 Å². The van der Waals surface area contributed by atoms with Crippen LogP contribution in [-0.4, -0.2) is 28.1 Å². The molecule has 1 unspecified atom stereocenters. The van der Waals surface area contributed by atoms with Crippen LogP contribution in [0, 0.1) is 0 Å². The maximum Gasteiger partial charge on any atom is 0.335 e. The molecule has 1 atom stereocenters. The van der Waals surface area contributed by atoms with Gasteiger partial charge in [-0.25, -0.2) is 4.79 Å². The predicted octanol–water partition coefficient (Wildman–Crippen LogP) is 5.29. The summed E-state index contributed by atoms with van der Waals surface area (Å²) in [6.45, 7) is 3.77. The maximum atomic E-state index is 12.5. The minimum Gasteiger partial charge on any atom is -0.478 e. The monoisotopic (exact) mass is 434 g/mol. The number of benzene rings is 2. The highest BCUT2D eigenvalue weighted by molar-refractivity contribution is 8.00. The molecule has 0 heterocycles. The summed E-state index contributed by atoms with van der Waals surface area (Å²) in [4.78, 5) is 36.3. The fourth-order valence-electron chi connectivity index (χ4n) is 2.45. The molecule has 2 aromatic carbocycles. The molecule has 8 heteroatoms. The number of thioether (sulfide) groups is 1. The molecule has 0 radical (unpaired) electrons. The lowest BCUT2D eigenvalue weighted by atomic mass is 10.2. The van der Waals surface area contributed by atoms with Gasteiger partial charge in [0.1, 0.15) is 0 Å². The van der Waals surface area contributed by atoms with E-state index in [-0.39, 0.29) is 28.1 Å². The van der Waals surface area contributed by atoms with Crippen LogP contribution in [0.3, 0.4) is 0 Å². The van der Waals surface area contributed by atoms with Gasteiger partial charge in [0.2, 0.25) is 11.8 Å². The highest BCUT2D eigenvalue weighted by Crippen LogP contribution is 2.28. The first-order chi connectivity index (χ1) is 13.8. The van der Waals surface area contributed by atoms with Crippen LogP contribution in [0.2, 0.25) is 5.02 Å². The number of carbonyl (C=O) groups excluding carboxylic acids is 2. The number of unbranched alkanes of at least 4 members (excludes halogenated alkanes) is 1. The van der Waals surface area contributed by atoms with Gasteiger partial charge in [-0.3, -0.25) is 9.59 Å². The Morgan fingerprint density at radius 1 is 1.14 bits per heavy atom. The maximum absolute atomic E-state index is 12.5.